The van der Waals surface area contributed by atoms with Gasteiger partial charge in [-0.3, -0.25) is 14.7 Å². The van der Waals surface area contributed by atoms with E-state index in [-0.39, 0.29) is 6.04 Å². The third-order valence-corrected chi connectivity index (χ3v) is 5.45. The van der Waals surface area contributed by atoms with Crippen molar-refractivity contribution >= 4 is 33.2 Å². The number of pyridine rings is 1. The fourth-order valence-corrected chi connectivity index (χ4v) is 4.47. The number of nitrogens with zero attached hydrogens (tertiary/aromatic N) is 2. The minimum atomic E-state index is -0.739. The smallest absolute Gasteiger partial charge is 0.320 e. The molecule has 0 saturated carbocycles. The van der Waals surface area contributed by atoms with Crippen molar-refractivity contribution in [1.29, 1.82) is 0 Å². The maximum absolute atomic E-state index is 11.5. The average Bonchev–Trinajstić information content (AvgIpc) is 3.10. The zero-order valence-corrected chi connectivity index (χ0v) is 13.7. The summed E-state index contributed by atoms with van der Waals surface area (Å²) in [6.45, 7) is 0.798. The number of rotatable bonds is 4. The fourth-order valence-electron chi connectivity index (χ4n) is 2.90. The molecule has 2 aromatic rings. The molecule has 2 aromatic heterocycles. The molecule has 0 bridgehead atoms. The van der Waals surface area contributed by atoms with Gasteiger partial charge >= 0.3 is 5.97 Å². The minimum Gasteiger partial charge on any atom is -0.480 e. The summed E-state index contributed by atoms with van der Waals surface area (Å²) in [4.78, 5) is 18.9. The predicted octanol–water partition coefficient (Wildman–Crippen LogP) is 3.54. The van der Waals surface area contributed by atoms with Crippen LogP contribution in [0.25, 0.3) is 0 Å². The van der Waals surface area contributed by atoms with Crippen LogP contribution >= 0.6 is 27.3 Å². The average molecular weight is 367 g/mol. The first-order chi connectivity index (χ1) is 10.2. The highest BCUT2D eigenvalue weighted by atomic mass is 79.9. The molecule has 0 aliphatic carbocycles. The molecule has 0 amide bonds. The van der Waals surface area contributed by atoms with Crippen LogP contribution in [-0.2, 0) is 4.79 Å². The van der Waals surface area contributed by atoms with Crippen LogP contribution in [0.4, 0.5) is 0 Å². The summed E-state index contributed by atoms with van der Waals surface area (Å²) < 4.78 is 1.05. The van der Waals surface area contributed by atoms with Gasteiger partial charge in [-0.2, -0.15) is 0 Å². The lowest BCUT2D eigenvalue weighted by atomic mass is 10.0. The summed E-state index contributed by atoms with van der Waals surface area (Å²) in [6, 6.07) is 7.52. The van der Waals surface area contributed by atoms with Gasteiger partial charge in [-0.1, -0.05) is 6.07 Å². The zero-order chi connectivity index (χ0) is 14.8. The monoisotopic (exact) mass is 366 g/mol. The van der Waals surface area contributed by atoms with E-state index in [0.717, 1.165) is 27.2 Å². The van der Waals surface area contributed by atoms with Gasteiger partial charge in [0.2, 0.25) is 0 Å². The molecular formula is C15H15BrN2O2S. The van der Waals surface area contributed by atoms with Crippen LogP contribution in [-0.4, -0.2) is 33.5 Å². The Hall–Kier alpha value is -1.24. The maximum atomic E-state index is 11.5. The van der Waals surface area contributed by atoms with E-state index in [1.165, 1.54) is 0 Å². The molecule has 2 atom stereocenters. The van der Waals surface area contributed by atoms with Crippen LogP contribution in [0.1, 0.15) is 29.3 Å². The summed E-state index contributed by atoms with van der Waals surface area (Å²) in [6.07, 6.45) is 5.19. The normalized spacial score (nSPS) is 20.5. The van der Waals surface area contributed by atoms with E-state index in [1.54, 1.807) is 17.5 Å². The highest BCUT2D eigenvalue weighted by molar-refractivity contribution is 9.11. The molecule has 0 radical (unpaired) electrons. The Balaban J connectivity index is 2.02. The topological polar surface area (TPSA) is 53.4 Å². The highest BCUT2D eigenvalue weighted by Gasteiger charge is 2.37. The number of hydrogen-bond acceptors (Lipinski definition) is 4. The first-order valence-corrected chi connectivity index (χ1v) is 8.41. The minimum absolute atomic E-state index is 0.0430. The second-order valence-electron chi connectivity index (χ2n) is 5.06. The number of carboxylic acids is 1. The molecule has 1 aliphatic heterocycles. The van der Waals surface area contributed by atoms with Crippen LogP contribution in [0.3, 0.4) is 0 Å². The molecule has 1 fully saturated rings. The molecule has 1 aliphatic rings. The van der Waals surface area contributed by atoms with Gasteiger partial charge in [0.25, 0.3) is 0 Å². The van der Waals surface area contributed by atoms with Gasteiger partial charge in [0.15, 0.2) is 0 Å². The van der Waals surface area contributed by atoms with E-state index in [9.17, 15) is 9.90 Å². The second kappa shape index (κ2) is 6.25. The van der Waals surface area contributed by atoms with Gasteiger partial charge < -0.3 is 5.11 Å². The molecular weight excluding hydrogens is 352 g/mol. The molecule has 110 valence electrons. The van der Waals surface area contributed by atoms with Crippen molar-refractivity contribution in [3.8, 4) is 0 Å². The number of thiophene rings is 1. The van der Waals surface area contributed by atoms with Gasteiger partial charge in [-0.25, -0.2) is 0 Å². The molecule has 6 heteroatoms. The lowest BCUT2D eigenvalue weighted by molar-refractivity contribution is -0.142. The molecule has 0 spiro atoms. The lowest BCUT2D eigenvalue weighted by Gasteiger charge is -2.30. The molecule has 4 nitrogen and oxygen atoms in total. The van der Waals surface area contributed by atoms with Crippen molar-refractivity contribution in [1.82, 2.24) is 9.88 Å². The molecule has 3 rings (SSSR count). The zero-order valence-electron chi connectivity index (χ0n) is 11.3. The molecule has 1 saturated heterocycles. The molecule has 1 N–H and O–H groups in total. The van der Waals surface area contributed by atoms with Crippen LogP contribution in [0.5, 0.6) is 0 Å². The number of carbonyl (C=O) groups is 1. The number of likely N-dealkylation sites (tertiary alicyclic amines) is 1. The van der Waals surface area contributed by atoms with Gasteiger partial charge in [-0.05, 0) is 52.5 Å². The van der Waals surface area contributed by atoms with E-state index in [4.69, 9.17) is 0 Å². The largest absolute Gasteiger partial charge is 0.480 e. The Morgan fingerprint density at radius 2 is 2.33 bits per heavy atom. The summed E-state index contributed by atoms with van der Waals surface area (Å²) in [5.41, 5.74) is 1.04. The van der Waals surface area contributed by atoms with Crippen LogP contribution in [0.15, 0.2) is 40.4 Å². The van der Waals surface area contributed by atoms with Crippen LogP contribution in [0, 0.1) is 0 Å². The fraction of sp³-hybridized carbons (Fsp3) is 0.333. The second-order valence-corrected chi connectivity index (χ2v) is 7.56. The van der Waals surface area contributed by atoms with Crippen molar-refractivity contribution in [3.05, 3.63) is 50.9 Å². The first kappa shape index (κ1) is 14.7. The summed E-state index contributed by atoms with van der Waals surface area (Å²) in [7, 11) is 0. The molecule has 21 heavy (non-hydrogen) atoms. The molecule has 2 unspecified atom stereocenters. The number of aliphatic carboxylic acids is 1. The first-order valence-electron chi connectivity index (χ1n) is 6.80. The Labute approximate surface area is 135 Å². The number of carboxylic acid groups (broad SMARTS) is 1. The van der Waals surface area contributed by atoms with Crippen LogP contribution < -0.4 is 0 Å². The SMILES string of the molecule is O=C(O)C1CCCN1C(c1cccnc1)c1ccc(Br)s1. The molecule has 3 heterocycles. The Kier molecular flexibility index (Phi) is 4.37. The number of halogens is 1. The van der Waals surface area contributed by atoms with Crippen molar-refractivity contribution in [2.45, 2.75) is 24.9 Å². The van der Waals surface area contributed by atoms with E-state index < -0.39 is 12.0 Å². The number of aromatic nitrogens is 1. The Bertz CT molecular complexity index is 632. The van der Waals surface area contributed by atoms with E-state index in [0.29, 0.717) is 6.42 Å². The van der Waals surface area contributed by atoms with E-state index in [1.807, 2.05) is 24.4 Å². The van der Waals surface area contributed by atoms with E-state index in [2.05, 4.69) is 31.9 Å². The molecule has 0 aromatic carbocycles. The Morgan fingerprint density at radius 1 is 1.48 bits per heavy atom. The summed E-state index contributed by atoms with van der Waals surface area (Å²) in [5.74, 6) is -0.739. The predicted molar refractivity (Wildman–Crippen MR) is 85.5 cm³/mol. The summed E-state index contributed by atoms with van der Waals surface area (Å²) in [5, 5.41) is 9.47. The highest BCUT2D eigenvalue weighted by Crippen LogP contribution is 2.38. The quantitative estimate of drug-likeness (QED) is 0.898. The van der Waals surface area contributed by atoms with Crippen molar-refractivity contribution < 1.29 is 9.90 Å². The van der Waals surface area contributed by atoms with E-state index >= 15 is 0 Å². The third-order valence-electron chi connectivity index (χ3n) is 3.77. The lowest BCUT2D eigenvalue weighted by Crippen LogP contribution is -2.39. The van der Waals surface area contributed by atoms with Gasteiger partial charge in [0.05, 0.1) is 9.83 Å². The van der Waals surface area contributed by atoms with Gasteiger partial charge in [0.1, 0.15) is 6.04 Å². The number of hydrogen-bond donors (Lipinski definition) is 1. The maximum Gasteiger partial charge on any atom is 0.320 e. The van der Waals surface area contributed by atoms with Crippen LogP contribution in [0.2, 0.25) is 0 Å². The van der Waals surface area contributed by atoms with Gasteiger partial charge in [-0.15, -0.1) is 11.3 Å². The summed E-state index contributed by atoms with van der Waals surface area (Å²) >= 11 is 5.14. The van der Waals surface area contributed by atoms with Crippen molar-refractivity contribution in [2.75, 3.05) is 6.54 Å². The third kappa shape index (κ3) is 3.02. The van der Waals surface area contributed by atoms with Gasteiger partial charge in [0, 0.05) is 23.8 Å². The van der Waals surface area contributed by atoms with Crippen molar-refractivity contribution in [3.63, 3.8) is 0 Å². The standard InChI is InChI=1S/C15H15BrN2O2S/c16-13-6-5-12(21-13)14(10-3-1-7-17-9-10)18-8-2-4-11(18)15(19)20/h1,3,5-7,9,11,14H,2,4,8H2,(H,19,20). The Morgan fingerprint density at radius 3 is 2.95 bits per heavy atom. The van der Waals surface area contributed by atoms with Crippen molar-refractivity contribution in [2.24, 2.45) is 0 Å².